The predicted octanol–water partition coefficient (Wildman–Crippen LogP) is 2.17. The monoisotopic (exact) mass is 546 g/mol. The molecule has 11 heteroatoms. The second-order valence-electron chi connectivity index (χ2n) is 10.2. The molecule has 1 N–H and O–H groups in total. The maximum absolute atomic E-state index is 13.0. The van der Waals surface area contributed by atoms with Gasteiger partial charge in [-0.2, -0.15) is 5.10 Å². The highest BCUT2D eigenvalue weighted by atomic mass is 16.5. The van der Waals surface area contributed by atoms with Crippen molar-refractivity contribution in [2.24, 2.45) is 0 Å². The molecule has 2 atom stereocenters. The Morgan fingerprint density at radius 3 is 2.62 bits per heavy atom. The summed E-state index contributed by atoms with van der Waals surface area (Å²) in [5.41, 5.74) is 1.92. The van der Waals surface area contributed by atoms with Gasteiger partial charge in [0.2, 0.25) is 17.7 Å². The Morgan fingerprint density at radius 2 is 1.85 bits per heavy atom. The van der Waals surface area contributed by atoms with Crippen molar-refractivity contribution in [1.82, 2.24) is 29.9 Å². The van der Waals surface area contributed by atoms with Gasteiger partial charge in [0.05, 0.1) is 31.8 Å². The molecule has 2 aliphatic rings. The molecule has 1 aromatic heterocycles. The fourth-order valence-electron chi connectivity index (χ4n) is 5.01. The molecule has 0 unspecified atom stereocenters. The number of nitrogens with one attached hydrogen (secondary N) is 1. The van der Waals surface area contributed by atoms with Crippen molar-refractivity contribution in [3.8, 4) is 11.5 Å². The minimum absolute atomic E-state index is 0.0250. The summed E-state index contributed by atoms with van der Waals surface area (Å²) in [5, 5.41) is 7.09. The number of carbonyl (C=O) groups is 3. The van der Waals surface area contributed by atoms with E-state index in [4.69, 9.17) is 9.47 Å². The number of rotatable bonds is 3. The van der Waals surface area contributed by atoms with Gasteiger partial charge in [0.1, 0.15) is 24.2 Å². The normalized spacial score (nSPS) is 20.5. The van der Waals surface area contributed by atoms with Crippen LogP contribution in [-0.2, 0) is 38.7 Å². The molecule has 5 rings (SSSR count). The van der Waals surface area contributed by atoms with Crippen LogP contribution < -0.4 is 10.1 Å². The number of fused-ring (bicyclic) bond motifs is 5. The van der Waals surface area contributed by atoms with Crippen LogP contribution in [0.5, 0.6) is 11.5 Å². The van der Waals surface area contributed by atoms with Crippen LogP contribution >= 0.6 is 0 Å². The number of hydrogen-bond acceptors (Lipinski definition) is 7. The van der Waals surface area contributed by atoms with Crippen LogP contribution in [0.4, 0.5) is 0 Å². The van der Waals surface area contributed by atoms with Gasteiger partial charge in [0, 0.05) is 33.0 Å². The summed E-state index contributed by atoms with van der Waals surface area (Å²) in [5.74, 6) is 0.940. The van der Waals surface area contributed by atoms with Gasteiger partial charge in [-0.25, -0.2) is 4.98 Å². The highest BCUT2D eigenvalue weighted by molar-refractivity contribution is 5.85. The number of amides is 3. The lowest BCUT2D eigenvalue weighted by molar-refractivity contribution is -0.139. The average molecular weight is 547 g/mol. The van der Waals surface area contributed by atoms with Gasteiger partial charge < -0.3 is 24.6 Å². The van der Waals surface area contributed by atoms with E-state index in [0.29, 0.717) is 50.6 Å². The van der Waals surface area contributed by atoms with E-state index < -0.39 is 6.04 Å². The van der Waals surface area contributed by atoms with Gasteiger partial charge in [0.25, 0.3) is 0 Å². The van der Waals surface area contributed by atoms with Crippen LogP contribution in [0, 0.1) is 0 Å². The number of ether oxygens (including phenoxy) is 2. The van der Waals surface area contributed by atoms with Crippen molar-refractivity contribution in [2.75, 3.05) is 26.7 Å². The van der Waals surface area contributed by atoms with Gasteiger partial charge in [-0.1, -0.05) is 24.3 Å². The largest absolute Gasteiger partial charge is 0.457 e. The first kappa shape index (κ1) is 27.3. The molecule has 0 aliphatic carbocycles. The Bertz CT molecular complexity index is 1330. The van der Waals surface area contributed by atoms with Crippen LogP contribution in [0.15, 0.2) is 61.2 Å². The number of carbonyl (C=O) groups excluding carboxylic acids is 3. The maximum Gasteiger partial charge on any atom is 0.239 e. The second-order valence-corrected chi connectivity index (χ2v) is 10.2. The zero-order valence-electron chi connectivity index (χ0n) is 22.6. The van der Waals surface area contributed by atoms with Crippen LogP contribution in [0.3, 0.4) is 0 Å². The smallest absolute Gasteiger partial charge is 0.239 e. The molecule has 2 aliphatic heterocycles. The summed E-state index contributed by atoms with van der Waals surface area (Å²) < 4.78 is 14.0. The topological polar surface area (TPSA) is 119 Å². The number of piperidine rings is 1. The molecule has 4 bridgehead atoms. The lowest BCUT2D eigenvalue weighted by Crippen LogP contribution is -2.58. The fraction of sp³-hybridized carbons (Fsp3) is 0.414. The van der Waals surface area contributed by atoms with Crippen molar-refractivity contribution < 1.29 is 23.9 Å². The number of likely N-dealkylation sites (tertiary alicyclic amines) is 1. The molecule has 40 heavy (non-hydrogen) atoms. The maximum atomic E-state index is 13.0. The second kappa shape index (κ2) is 12.7. The van der Waals surface area contributed by atoms with E-state index in [1.54, 1.807) is 23.0 Å². The zero-order chi connectivity index (χ0) is 27.9. The zero-order valence-corrected chi connectivity index (χ0v) is 22.6. The van der Waals surface area contributed by atoms with Crippen LogP contribution in [0.2, 0.25) is 0 Å². The molecule has 3 aromatic rings. The highest BCUT2D eigenvalue weighted by Crippen LogP contribution is 2.25. The molecule has 1 saturated heterocycles. The summed E-state index contributed by atoms with van der Waals surface area (Å²) in [7, 11) is 1.63. The molecule has 0 spiro atoms. The standard InChI is InChI=1S/C29H34N6O5/c1-33-17-27(36)32-25-16-34(29(38)11-13-35-20-30-19-31-35)12-10-26(25)39-18-22-5-3-7-24(15-22)40-23-6-2-4-21(14-23)8-9-28(33)37/h2-7,14-15,19-20,25-26H,8-13,16-18H2,1H3,(H,32,36)/t25-,26+/m0/s1. The molecule has 11 nitrogen and oxygen atoms in total. The van der Waals surface area contributed by atoms with Crippen molar-refractivity contribution >= 4 is 17.7 Å². The molecule has 0 saturated carbocycles. The number of benzene rings is 2. The van der Waals surface area contributed by atoms with E-state index in [1.165, 1.54) is 11.2 Å². The Kier molecular flexibility index (Phi) is 8.70. The van der Waals surface area contributed by atoms with Crippen LogP contribution in [0.25, 0.3) is 0 Å². The van der Waals surface area contributed by atoms with E-state index in [-0.39, 0.29) is 43.2 Å². The van der Waals surface area contributed by atoms with E-state index in [1.807, 2.05) is 48.5 Å². The number of aromatic nitrogens is 3. The Balaban J connectivity index is 1.32. The Hall–Kier alpha value is -4.25. The van der Waals surface area contributed by atoms with Gasteiger partial charge in [-0.3, -0.25) is 19.1 Å². The summed E-state index contributed by atoms with van der Waals surface area (Å²) in [6.45, 7) is 1.52. The minimum atomic E-state index is -0.418. The molecular formula is C29H34N6O5. The highest BCUT2D eigenvalue weighted by Gasteiger charge is 2.33. The SMILES string of the molecule is CN1CC(=O)N[C@H]2CN(C(=O)CCn3cncn3)CC[C@H]2OCc2cccc(c2)Oc2cccc(c2)CCC1=O. The first-order valence-corrected chi connectivity index (χ1v) is 13.5. The molecule has 3 heterocycles. The lowest BCUT2D eigenvalue weighted by atomic mass is 10.0. The molecule has 2 aromatic carbocycles. The van der Waals surface area contributed by atoms with Crippen molar-refractivity contribution in [3.63, 3.8) is 0 Å². The fourth-order valence-corrected chi connectivity index (χ4v) is 5.01. The average Bonchev–Trinajstić information content (AvgIpc) is 3.47. The summed E-state index contributed by atoms with van der Waals surface area (Å²) in [6.07, 6.45) is 4.36. The Labute approximate surface area is 233 Å². The molecular weight excluding hydrogens is 512 g/mol. The molecule has 3 amide bonds. The third-order valence-electron chi connectivity index (χ3n) is 7.20. The van der Waals surface area contributed by atoms with E-state index >= 15 is 0 Å². The van der Waals surface area contributed by atoms with Gasteiger partial charge in [0.15, 0.2) is 0 Å². The third-order valence-corrected chi connectivity index (χ3v) is 7.20. The van der Waals surface area contributed by atoms with Gasteiger partial charge in [-0.05, 0) is 48.2 Å². The van der Waals surface area contributed by atoms with E-state index in [2.05, 4.69) is 15.4 Å². The predicted molar refractivity (Wildman–Crippen MR) is 145 cm³/mol. The first-order valence-electron chi connectivity index (χ1n) is 13.5. The van der Waals surface area contributed by atoms with Crippen LogP contribution in [0.1, 0.15) is 30.4 Å². The van der Waals surface area contributed by atoms with E-state index in [9.17, 15) is 14.4 Å². The molecule has 210 valence electrons. The number of likely N-dealkylation sites (N-methyl/N-ethyl adjacent to an activating group) is 1. The van der Waals surface area contributed by atoms with Gasteiger partial charge >= 0.3 is 0 Å². The molecule has 0 radical (unpaired) electrons. The minimum Gasteiger partial charge on any atom is -0.457 e. The summed E-state index contributed by atoms with van der Waals surface area (Å²) >= 11 is 0. The number of aryl methyl sites for hydroxylation is 2. The Morgan fingerprint density at radius 1 is 1.07 bits per heavy atom. The number of nitrogens with zero attached hydrogens (tertiary/aromatic N) is 5. The lowest BCUT2D eigenvalue weighted by Gasteiger charge is -2.39. The number of hydrogen-bond donors (Lipinski definition) is 1. The quantitative estimate of drug-likeness (QED) is 0.535. The van der Waals surface area contributed by atoms with E-state index in [0.717, 1.165) is 11.1 Å². The van der Waals surface area contributed by atoms with Crippen molar-refractivity contribution in [3.05, 3.63) is 72.3 Å². The first-order chi connectivity index (χ1) is 19.4. The van der Waals surface area contributed by atoms with Gasteiger partial charge in [-0.15, -0.1) is 0 Å². The van der Waals surface area contributed by atoms with Crippen LogP contribution in [-0.4, -0.2) is 81.1 Å². The summed E-state index contributed by atoms with van der Waals surface area (Å²) in [6, 6.07) is 15.0. The summed E-state index contributed by atoms with van der Waals surface area (Å²) in [4.78, 5) is 45.9. The molecule has 1 fully saturated rings. The van der Waals surface area contributed by atoms with Crippen molar-refractivity contribution in [1.29, 1.82) is 0 Å². The van der Waals surface area contributed by atoms with Crippen molar-refractivity contribution in [2.45, 2.75) is 51.0 Å². The third kappa shape index (κ3) is 7.23.